The van der Waals surface area contributed by atoms with Crippen LogP contribution < -0.4 is 5.32 Å². The van der Waals surface area contributed by atoms with Crippen LogP contribution in [-0.2, 0) is 11.2 Å². The minimum Gasteiger partial charge on any atom is -0.445 e. The molecule has 0 saturated heterocycles. The number of hydrogen-bond donors (Lipinski definition) is 2. The van der Waals surface area contributed by atoms with Crippen LogP contribution in [0.15, 0.2) is 18.7 Å². The van der Waals surface area contributed by atoms with Crippen molar-refractivity contribution in [2.75, 3.05) is 11.9 Å². The maximum atomic E-state index is 11.0. The Kier molecular flexibility index (Phi) is 3.72. The average molecular weight is 195 g/mol. The first kappa shape index (κ1) is 10.3. The zero-order valence-electron chi connectivity index (χ0n) is 8.04. The van der Waals surface area contributed by atoms with Gasteiger partial charge >= 0.3 is 6.09 Å². The Morgan fingerprint density at radius 2 is 2.64 bits per heavy atom. The summed E-state index contributed by atoms with van der Waals surface area (Å²) in [5.41, 5.74) is 0.962. The molecule has 1 amide bonds. The zero-order valence-corrected chi connectivity index (χ0v) is 8.04. The summed E-state index contributed by atoms with van der Waals surface area (Å²) >= 11 is 0. The van der Waals surface area contributed by atoms with Gasteiger partial charge in [0.2, 0.25) is 0 Å². The molecule has 0 bridgehead atoms. The van der Waals surface area contributed by atoms with Crippen molar-refractivity contribution in [1.29, 1.82) is 0 Å². The van der Waals surface area contributed by atoms with Crippen molar-refractivity contribution < 1.29 is 9.53 Å². The van der Waals surface area contributed by atoms with Crippen molar-refractivity contribution >= 4 is 11.9 Å². The fourth-order valence-corrected chi connectivity index (χ4v) is 0.882. The number of amides is 1. The van der Waals surface area contributed by atoms with E-state index in [2.05, 4.69) is 22.1 Å². The van der Waals surface area contributed by atoms with Crippen LogP contribution >= 0.6 is 0 Å². The number of aromatic amines is 1. The highest BCUT2D eigenvalue weighted by Crippen LogP contribution is 2.05. The first-order valence-corrected chi connectivity index (χ1v) is 4.35. The van der Waals surface area contributed by atoms with E-state index in [-0.39, 0.29) is 6.61 Å². The second-order valence-corrected chi connectivity index (χ2v) is 2.64. The van der Waals surface area contributed by atoms with E-state index in [9.17, 15) is 4.79 Å². The molecule has 0 spiro atoms. The lowest BCUT2D eigenvalue weighted by molar-refractivity contribution is 0.174. The lowest BCUT2D eigenvalue weighted by Crippen LogP contribution is -2.13. The number of rotatable bonds is 4. The second-order valence-electron chi connectivity index (χ2n) is 2.64. The van der Waals surface area contributed by atoms with Gasteiger partial charge in [-0.15, -0.1) is 0 Å². The van der Waals surface area contributed by atoms with Crippen LogP contribution in [0.25, 0.3) is 0 Å². The number of aromatic nitrogens is 2. The number of carbonyl (C=O) groups is 1. The van der Waals surface area contributed by atoms with Gasteiger partial charge in [0.1, 0.15) is 6.61 Å². The minimum atomic E-state index is -0.529. The maximum Gasteiger partial charge on any atom is 0.413 e. The van der Waals surface area contributed by atoms with Gasteiger partial charge in [0.15, 0.2) is 5.82 Å². The van der Waals surface area contributed by atoms with E-state index in [0.717, 1.165) is 12.1 Å². The summed E-state index contributed by atoms with van der Waals surface area (Å²) in [6.45, 7) is 5.62. The van der Waals surface area contributed by atoms with Gasteiger partial charge in [-0.2, -0.15) is 5.10 Å². The number of hydrogen-bond acceptors (Lipinski definition) is 3. The molecule has 1 heterocycles. The molecule has 0 radical (unpaired) electrons. The molecule has 2 N–H and O–H groups in total. The van der Waals surface area contributed by atoms with Gasteiger partial charge in [-0.1, -0.05) is 19.6 Å². The van der Waals surface area contributed by atoms with Crippen molar-refractivity contribution in [3.05, 3.63) is 24.4 Å². The summed E-state index contributed by atoms with van der Waals surface area (Å²) in [5, 5.41) is 9.13. The fraction of sp³-hybridized carbons (Fsp3) is 0.333. The van der Waals surface area contributed by atoms with Crippen LogP contribution in [0.3, 0.4) is 0 Å². The van der Waals surface area contributed by atoms with Gasteiger partial charge in [-0.3, -0.25) is 10.4 Å². The predicted octanol–water partition coefficient (Wildman–Crippen LogP) is 1.71. The molecule has 14 heavy (non-hydrogen) atoms. The normalized spacial score (nSPS) is 9.50. The van der Waals surface area contributed by atoms with E-state index in [1.807, 2.05) is 6.92 Å². The zero-order chi connectivity index (χ0) is 10.4. The van der Waals surface area contributed by atoms with Crippen molar-refractivity contribution in [2.24, 2.45) is 0 Å². The third-order valence-corrected chi connectivity index (χ3v) is 1.57. The molecule has 0 fully saturated rings. The van der Waals surface area contributed by atoms with E-state index in [1.54, 1.807) is 6.07 Å². The van der Waals surface area contributed by atoms with Gasteiger partial charge in [0, 0.05) is 11.8 Å². The average Bonchev–Trinajstić information content (AvgIpc) is 2.62. The lowest BCUT2D eigenvalue weighted by atomic mass is 10.3. The Labute approximate surface area is 82.2 Å². The first-order valence-electron chi connectivity index (χ1n) is 4.35. The highest BCUT2D eigenvalue weighted by Gasteiger charge is 2.04. The fourth-order valence-electron chi connectivity index (χ4n) is 0.882. The van der Waals surface area contributed by atoms with Crippen LogP contribution in [-0.4, -0.2) is 22.9 Å². The number of nitrogens with one attached hydrogen (secondary N) is 2. The Morgan fingerprint density at radius 3 is 3.21 bits per heavy atom. The van der Waals surface area contributed by atoms with Gasteiger partial charge < -0.3 is 4.74 Å². The highest BCUT2D eigenvalue weighted by molar-refractivity contribution is 5.83. The van der Waals surface area contributed by atoms with E-state index in [1.165, 1.54) is 6.08 Å². The van der Waals surface area contributed by atoms with Crippen molar-refractivity contribution in [3.63, 3.8) is 0 Å². The van der Waals surface area contributed by atoms with Crippen LogP contribution in [0.5, 0.6) is 0 Å². The molecular weight excluding hydrogens is 182 g/mol. The van der Waals surface area contributed by atoms with E-state index >= 15 is 0 Å². The van der Waals surface area contributed by atoms with Crippen molar-refractivity contribution in [1.82, 2.24) is 10.2 Å². The molecule has 0 unspecified atom stereocenters. The number of nitrogens with zero attached hydrogens (tertiary/aromatic N) is 1. The summed E-state index contributed by atoms with van der Waals surface area (Å²) in [6.07, 6.45) is 1.82. The van der Waals surface area contributed by atoms with Gasteiger partial charge in [-0.05, 0) is 6.42 Å². The largest absolute Gasteiger partial charge is 0.445 e. The van der Waals surface area contributed by atoms with E-state index in [4.69, 9.17) is 4.74 Å². The molecule has 1 aromatic rings. The third kappa shape index (κ3) is 2.93. The number of anilines is 1. The second kappa shape index (κ2) is 5.06. The minimum absolute atomic E-state index is 0.191. The summed E-state index contributed by atoms with van der Waals surface area (Å²) in [6, 6.07) is 1.76. The van der Waals surface area contributed by atoms with E-state index < -0.39 is 6.09 Å². The number of aryl methyl sites for hydroxylation is 1. The van der Waals surface area contributed by atoms with Crippen LogP contribution in [0.1, 0.15) is 12.6 Å². The summed E-state index contributed by atoms with van der Waals surface area (Å²) in [7, 11) is 0. The SMILES string of the molecule is C=CCOC(=O)Nc1cc(CC)[nH]n1. The molecule has 0 aromatic carbocycles. The molecule has 5 nitrogen and oxygen atoms in total. The predicted molar refractivity (Wildman–Crippen MR) is 53.1 cm³/mol. The Balaban J connectivity index is 2.43. The number of ether oxygens (including phenoxy) is 1. The van der Waals surface area contributed by atoms with Gasteiger partial charge in [0.25, 0.3) is 0 Å². The summed E-state index contributed by atoms with van der Waals surface area (Å²) < 4.78 is 4.72. The van der Waals surface area contributed by atoms with Crippen LogP contribution in [0.4, 0.5) is 10.6 Å². The maximum absolute atomic E-state index is 11.0. The molecule has 5 heteroatoms. The lowest BCUT2D eigenvalue weighted by Gasteiger charge is -2.00. The van der Waals surface area contributed by atoms with Crippen LogP contribution in [0.2, 0.25) is 0 Å². The number of H-pyrrole nitrogens is 1. The Bertz CT molecular complexity index is 320. The highest BCUT2D eigenvalue weighted by atomic mass is 16.5. The van der Waals surface area contributed by atoms with E-state index in [0.29, 0.717) is 5.82 Å². The molecule has 0 aliphatic heterocycles. The van der Waals surface area contributed by atoms with Gasteiger partial charge in [-0.25, -0.2) is 4.79 Å². The van der Waals surface area contributed by atoms with Crippen molar-refractivity contribution in [3.8, 4) is 0 Å². The smallest absolute Gasteiger partial charge is 0.413 e. The van der Waals surface area contributed by atoms with Crippen molar-refractivity contribution in [2.45, 2.75) is 13.3 Å². The quantitative estimate of drug-likeness (QED) is 0.718. The summed E-state index contributed by atoms with van der Waals surface area (Å²) in [5.74, 6) is 0.468. The molecule has 1 aromatic heterocycles. The third-order valence-electron chi connectivity index (χ3n) is 1.57. The molecule has 0 aliphatic rings. The summed E-state index contributed by atoms with van der Waals surface area (Å²) in [4.78, 5) is 11.0. The monoisotopic (exact) mass is 195 g/mol. The van der Waals surface area contributed by atoms with Gasteiger partial charge in [0.05, 0.1) is 0 Å². The molecule has 76 valence electrons. The molecule has 1 rings (SSSR count). The standard InChI is InChI=1S/C9H13N3O2/c1-3-5-14-9(13)10-8-6-7(4-2)11-12-8/h3,6H,1,4-5H2,2H3,(H2,10,11,12,13). The molecular formula is C9H13N3O2. The Morgan fingerprint density at radius 1 is 1.86 bits per heavy atom. The topological polar surface area (TPSA) is 67.0 Å². The molecule has 0 atom stereocenters. The van der Waals surface area contributed by atoms with Crippen LogP contribution in [0, 0.1) is 0 Å². The first-order chi connectivity index (χ1) is 6.76. The molecule has 0 saturated carbocycles. The Hall–Kier alpha value is -1.78. The number of carbonyl (C=O) groups excluding carboxylic acids is 1. The molecule has 0 aliphatic carbocycles.